The van der Waals surface area contributed by atoms with Gasteiger partial charge in [-0.2, -0.15) is 0 Å². The largest absolute Gasteiger partial charge is 0.354 e. The van der Waals surface area contributed by atoms with Crippen LogP contribution in [0.3, 0.4) is 0 Å². The van der Waals surface area contributed by atoms with Gasteiger partial charge in [0, 0.05) is 16.3 Å². The van der Waals surface area contributed by atoms with Crippen LogP contribution in [0.15, 0.2) is 77.6 Å². The molecule has 0 aliphatic heterocycles. The van der Waals surface area contributed by atoms with Crippen molar-refractivity contribution in [2.75, 3.05) is 5.32 Å². The number of aryl methyl sites for hydroxylation is 1. The van der Waals surface area contributed by atoms with Gasteiger partial charge in [0.2, 0.25) is 0 Å². The van der Waals surface area contributed by atoms with Crippen LogP contribution in [-0.4, -0.2) is 5.71 Å². The number of allylic oxidation sites excluding steroid dienone is 1. The van der Waals surface area contributed by atoms with Gasteiger partial charge in [0.15, 0.2) is 0 Å². The molecule has 0 atom stereocenters. The Kier molecular flexibility index (Phi) is 6.60. The van der Waals surface area contributed by atoms with E-state index < -0.39 is 0 Å². The van der Waals surface area contributed by atoms with E-state index >= 15 is 0 Å². The SMILES string of the molecule is C=C(Nc1ccccc1C)/C(=C/C)N=C(c1ccccc1Cl)C(C)C. The molecule has 0 unspecified atom stereocenters. The molecule has 2 nitrogen and oxygen atoms in total. The van der Waals surface area contributed by atoms with Crippen LogP contribution in [-0.2, 0) is 0 Å². The summed E-state index contributed by atoms with van der Waals surface area (Å²) in [5, 5.41) is 4.08. The Bertz CT molecular complexity index is 816. The topological polar surface area (TPSA) is 24.4 Å². The maximum absolute atomic E-state index is 6.38. The van der Waals surface area contributed by atoms with E-state index in [-0.39, 0.29) is 5.92 Å². The third-order valence-electron chi connectivity index (χ3n) is 3.95. The van der Waals surface area contributed by atoms with Crippen molar-refractivity contribution in [3.05, 3.63) is 88.7 Å². The first-order valence-electron chi connectivity index (χ1n) is 8.45. The van der Waals surface area contributed by atoms with Gasteiger partial charge in [-0.3, -0.25) is 4.99 Å². The fourth-order valence-electron chi connectivity index (χ4n) is 2.55. The molecule has 1 N–H and O–H groups in total. The van der Waals surface area contributed by atoms with E-state index in [0.29, 0.717) is 5.02 Å². The number of nitrogens with one attached hydrogen (secondary N) is 1. The maximum atomic E-state index is 6.38. The summed E-state index contributed by atoms with van der Waals surface area (Å²) in [4.78, 5) is 4.88. The van der Waals surface area contributed by atoms with Crippen molar-refractivity contribution in [3.8, 4) is 0 Å². The molecule has 0 bridgehead atoms. The van der Waals surface area contributed by atoms with E-state index in [0.717, 1.165) is 28.4 Å². The molecular weight excluding hydrogens is 328 g/mol. The highest BCUT2D eigenvalue weighted by atomic mass is 35.5. The van der Waals surface area contributed by atoms with Crippen LogP contribution in [0.4, 0.5) is 5.69 Å². The van der Waals surface area contributed by atoms with Gasteiger partial charge in [-0.15, -0.1) is 0 Å². The molecule has 2 aromatic rings. The highest BCUT2D eigenvalue weighted by Crippen LogP contribution is 2.24. The van der Waals surface area contributed by atoms with Crippen LogP contribution < -0.4 is 5.32 Å². The minimum Gasteiger partial charge on any atom is -0.354 e. The molecule has 0 aromatic heterocycles. The minimum atomic E-state index is 0.237. The number of hydrogen-bond acceptors (Lipinski definition) is 2. The quantitative estimate of drug-likeness (QED) is 0.458. The maximum Gasteiger partial charge on any atom is 0.0819 e. The number of halogens is 1. The van der Waals surface area contributed by atoms with Crippen molar-refractivity contribution in [1.29, 1.82) is 0 Å². The van der Waals surface area contributed by atoms with E-state index in [1.807, 2.05) is 55.5 Å². The molecule has 0 saturated carbocycles. The molecule has 0 heterocycles. The zero-order chi connectivity index (χ0) is 18.4. The Morgan fingerprint density at radius 3 is 2.36 bits per heavy atom. The summed E-state index contributed by atoms with van der Waals surface area (Å²) < 4.78 is 0. The average molecular weight is 353 g/mol. The standard InChI is InChI=1S/C22H25ClN2/c1-6-20(17(5)24-21-14-10-7-11-16(21)4)25-22(15(2)3)18-12-8-9-13-19(18)23/h6-15,24H,5H2,1-4H3/b20-6-,25-22?. The number of nitrogens with zero attached hydrogens (tertiary/aromatic N) is 1. The third-order valence-corrected chi connectivity index (χ3v) is 4.28. The highest BCUT2D eigenvalue weighted by Gasteiger charge is 2.13. The van der Waals surface area contributed by atoms with Gasteiger partial charge in [0.1, 0.15) is 0 Å². The van der Waals surface area contributed by atoms with Crippen LogP contribution >= 0.6 is 11.6 Å². The fraction of sp³-hybridized carbons (Fsp3) is 0.227. The summed E-state index contributed by atoms with van der Waals surface area (Å²) in [5.74, 6) is 0.237. The summed E-state index contributed by atoms with van der Waals surface area (Å²) in [5.41, 5.74) is 5.69. The van der Waals surface area contributed by atoms with Crippen LogP contribution in [0.25, 0.3) is 0 Å². The lowest BCUT2D eigenvalue weighted by atomic mass is 9.99. The molecule has 0 radical (unpaired) electrons. The lowest BCUT2D eigenvalue weighted by Crippen LogP contribution is -2.12. The third kappa shape index (κ3) is 4.83. The van der Waals surface area contributed by atoms with Crippen molar-refractivity contribution in [3.63, 3.8) is 0 Å². The first kappa shape index (κ1) is 19.0. The normalized spacial score (nSPS) is 12.4. The fourth-order valence-corrected chi connectivity index (χ4v) is 2.78. The van der Waals surface area contributed by atoms with E-state index in [4.69, 9.17) is 16.6 Å². The predicted molar refractivity (Wildman–Crippen MR) is 111 cm³/mol. The molecule has 0 aliphatic carbocycles. The second-order valence-electron chi connectivity index (χ2n) is 6.22. The monoisotopic (exact) mass is 352 g/mol. The van der Waals surface area contributed by atoms with Gasteiger partial charge < -0.3 is 5.32 Å². The molecule has 130 valence electrons. The predicted octanol–water partition coefficient (Wildman–Crippen LogP) is 6.62. The van der Waals surface area contributed by atoms with Crippen molar-refractivity contribution < 1.29 is 0 Å². The number of para-hydroxylation sites is 1. The second kappa shape index (κ2) is 8.68. The van der Waals surface area contributed by atoms with Crippen molar-refractivity contribution >= 4 is 23.0 Å². The van der Waals surface area contributed by atoms with Gasteiger partial charge in [0.25, 0.3) is 0 Å². The van der Waals surface area contributed by atoms with E-state index in [2.05, 4.69) is 38.7 Å². The highest BCUT2D eigenvalue weighted by molar-refractivity contribution is 6.34. The van der Waals surface area contributed by atoms with Gasteiger partial charge in [-0.05, 0) is 37.5 Å². The summed E-state index contributed by atoms with van der Waals surface area (Å²) in [6.45, 7) is 12.4. The van der Waals surface area contributed by atoms with Gasteiger partial charge in [-0.25, -0.2) is 0 Å². The Morgan fingerprint density at radius 2 is 1.76 bits per heavy atom. The molecule has 0 aliphatic rings. The van der Waals surface area contributed by atoms with Crippen molar-refractivity contribution in [1.82, 2.24) is 0 Å². The average Bonchev–Trinajstić information content (AvgIpc) is 2.58. The Hall–Kier alpha value is -2.32. The van der Waals surface area contributed by atoms with E-state index in [9.17, 15) is 0 Å². The molecular formula is C22H25ClN2. The van der Waals surface area contributed by atoms with E-state index in [1.54, 1.807) is 0 Å². The number of hydrogen-bond donors (Lipinski definition) is 1. The summed E-state index contributed by atoms with van der Waals surface area (Å²) in [7, 11) is 0. The molecule has 2 rings (SSSR count). The Labute approximate surface area is 156 Å². The smallest absolute Gasteiger partial charge is 0.0819 e. The molecule has 0 amide bonds. The zero-order valence-corrected chi connectivity index (χ0v) is 16.1. The van der Waals surface area contributed by atoms with Gasteiger partial charge in [0.05, 0.1) is 17.1 Å². The summed E-state index contributed by atoms with van der Waals surface area (Å²) in [6, 6.07) is 15.9. The summed E-state index contributed by atoms with van der Waals surface area (Å²) in [6.07, 6.45) is 1.97. The number of rotatable bonds is 6. The molecule has 3 heteroatoms. The number of benzene rings is 2. The molecule has 0 saturated heterocycles. The number of aliphatic imine (C=N–C) groups is 1. The van der Waals surface area contributed by atoms with Crippen molar-refractivity contribution in [2.45, 2.75) is 27.7 Å². The van der Waals surface area contributed by atoms with Crippen LogP contribution in [0.5, 0.6) is 0 Å². The lowest BCUT2D eigenvalue weighted by Gasteiger charge is -2.16. The molecule has 25 heavy (non-hydrogen) atoms. The second-order valence-corrected chi connectivity index (χ2v) is 6.63. The molecule has 0 fully saturated rings. The lowest BCUT2D eigenvalue weighted by molar-refractivity contribution is 0.882. The zero-order valence-electron chi connectivity index (χ0n) is 15.3. The van der Waals surface area contributed by atoms with Gasteiger partial charge in [-0.1, -0.05) is 74.5 Å². The van der Waals surface area contributed by atoms with Crippen LogP contribution in [0.2, 0.25) is 5.02 Å². The van der Waals surface area contributed by atoms with Crippen LogP contribution in [0, 0.1) is 12.8 Å². The van der Waals surface area contributed by atoms with Gasteiger partial charge >= 0.3 is 0 Å². The Morgan fingerprint density at radius 1 is 1.12 bits per heavy atom. The molecule has 2 aromatic carbocycles. The van der Waals surface area contributed by atoms with Crippen LogP contribution in [0.1, 0.15) is 31.9 Å². The van der Waals surface area contributed by atoms with E-state index in [1.165, 1.54) is 5.56 Å². The van der Waals surface area contributed by atoms with Crippen molar-refractivity contribution in [2.24, 2.45) is 10.9 Å². The number of anilines is 1. The summed E-state index contributed by atoms with van der Waals surface area (Å²) >= 11 is 6.38. The minimum absolute atomic E-state index is 0.237. The Balaban J connectivity index is 2.35. The first-order valence-corrected chi connectivity index (χ1v) is 8.83. The first-order chi connectivity index (χ1) is 11.9. The molecule has 0 spiro atoms.